The Morgan fingerprint density at radius 2 is 2.07 bits per heavy atom. The molecule has 2 aromatic rings. The number of ether oxygens (including phenoxy) is 1. The molecule has 1 amide bonds. The number of aromatic nitrogens is 2. The topological polar surface area (TPSA) is 59.4 Å². The molecule has 0 unspecified atom stereocenters. The lowest BCUT2D eigenvalue weighted by Crippen LogP contribution is -2.37. The van der Waals surface area contributed by atoms with Crippen LogP contribution in [-0.4, -0.2) is 48.3 Å². The number of carbonyl (C=O) groups is 1. The van der Waals surface area contributed by atoms with E-state index in [1.807, 2.05) is 25.2 Å². The molecule has 1 aromatic carbocycles. The molecule has 6 nitrogen and oxygen atoms in total. The van der Waals surface area contributed by atoms with E-state index in [1.165, 1.54) is 32.1 Å². The molecule has 0 spiro atoms. The monoisotopic (exact) mass is 382 g/mol. The smallest absolute Gasteiger partial charge is 0.251 e. The molecule has 0 bridgehead atoms. The van der Waals surface area contributed by atoms with E-state index in [4.69, 9.17) is 9.72 Å². The lowest BCUT2D eigenvalue weighted by molar-refractivity contribution is 0.0943. The van der Waals surface area contributed by atoms with Crippen molar-refractivity contribution in [3.63, 3.8) is 0 Å². The number of hydrogen-bond donors (Lipinski definition) is 1. The number of amides is 1. The molecule has 1 aromatic heterocycles. The predicted molar refractivity (Wildman–Crippen MR) is 110 cm³/mol. The van der Waals surface area contributed by atoms with Gasteiger partial charge in [0.05, 0.1) is 24.2 Å². The third-order valence-corrected chi connectivity index (χ3v) is 7.17. The van der Waals surface area contributed by atoms with Crippen molar-refractivity contribution in [2.24, 2.45) is 24.8 Å². The number of fused-ring (bicyclic) bond motifs is 2. The number of aryl methyl sites for hydroxylation is 1. The van der Waals surface area contributed by atoms with Crippen LogP contribution < -0.4 is 10.2 Å². The fourth-order valence-corrected chi connectivity index (χ4v) is 5.64. The molecule has 1 N–H and O–H groups in total. The Bertz CT molecular complexity index is 871. The zero-order chi connectivity index (χ0) is 19.1. The van der Waals surface area contributed by atoms with Gasteiger partial charge in [-0.2, -0.15) is 0 Å². The van der Waals surface area contributed by atoms with Gasteiger partial charge in [-0.15, -0.1) is 0 Å². The minimum Gasteiger partial charge on any atom is -0.378 e. The molecule has 3 fully saturated rings. The number of carbonyl (C=O) groups excluding carboxylic acids is 1. The highest BCUT2D eigenvalue weighted by atomic mass is 16.5. The predicted octanol–water partition coefficient (Wildman–Crippen LogP) is 2.97. The van der Waals surface area contributed by atoms with Crippen LogP contribution >= 0.6 is 0 Å². The molecule has 2 saturated carbocycles. The van der Waals surface area contributed by atoms with Crippen LogP contribution in [0.3, 0.4) is 0 Å². The van der Waals surface area contributed by atoms with Crippen molar-refractivity contribution in [2.75, 3.05) is 37.7 Å². The number of anilines is 1. The van der Waals surface area contributed by atoms with Crippen molar-refractivity contribution in [1.29, 1.82) is 0 Å². The number of hydrogen-bond acceptors (Lipinski definition) is 4. The number of benzene rings is 1. The molecule has 3 atom stereocenters. The number of nitrogens with one attached hydrogen (secondary N) is 1. The summed E-state index contributed by atoms with van der Waals surface area (Å²) in [6.45, 7) is 4.00. The van der Waals surface area contributed by atoms with Crippen molar-refractivity contribution >= 4 is 22.9 Å². The van der Waals surface area contributed by atoms with Gasteiger partial charge in [0.2, 0.25) is 5.95 Å². The van der Waals surface area contributed by atoms with E-state index in [9.17, 15) is 4.79 Å². The fraction of sp³-hybridized carbons (Fsp3) is 0.636. The van der Waals surface area contributed by atoms with E-state index < -0.39 is 0 Å². The van der Waals surface area contributed by atoms with Gasteiger partial charge in [-0.1, -0.05) is 12.8 Å². The number of rotatable bonds is 4. The largest absolute Gasteiger partial charge is 0.378 e. The lowest BCUT2D eigenvalue weighted by atomic mass is 9.92. The third kappa shape index (κ3) is 3.17. The van der Waals surface area contributed by atoms with Crippen molar-refractivity contribution in [1.82, 2.24) is 14.9 Å². The molecule has 0 radical (unpaired) electrons. The summed E-state index contributed by atoms with van der Waals surface area (Å²) >= 11 is 0. The summed E-state index contributed by atoms with van der Waals surface area (Å²) in [6, 6.07) is 5.88. The Morgan fingerprint density at radius 1 is 1.21 bits per heavy atom. The van der Waals surface area contributed by atoms with E-state index in [0.29, 0.717) is 11.5 Å². The highest BCUT2D eigenvalue weighted by Gasteiger charge is 2.38. The summed E-state index contributed by atoms with van der Waals surface area (Å²) in [5.41, 5.74) is 2.65. The summed E-state index contributed by atoms with van der Waals surface area (Å²) in [4.78, 5) is 19.8. The first-order chi connectivity index (χ1) is 13.7. The van der Waals surface area contributed by atoms with Crippen molar-refractivity contribution < 1.29 is 9.53 Å². The molecule has 2 heterocycles. The maximum atomic E-state index is 12.8. The standard InChI is InChI=1S/C22H30N4O2/c1-25-20-8-7-16(13-19(20)24-22(25)26-9-11-28-12-10-26)21(27)23-14-17-6-5-15-3-2-4-18(15)17/h7-8,13,15,17-18H,2-6,9-12,14H2,1H3,(H,23,27)/t15-,17+,18-/m0/s1. The van der Waals surface area contributed by atoms with Crippen LogP contribution in [0.15, 0.2) is 18.2 Å². The van der Waals surface area contributed by atoms with Gasteiger partial charge in [0.15, 0.2) is 0 Å². The SMILES string of the molecule is Cn1c(N2CCOCC2)nc2cc(C(=O)NC[C@H]3CC[C@@H]4CCC[C@@H]43)ccc21. The average molecular weight is 383 g/mol. The molecule has 5 rings (SSSR count). The van der Waals surface area contributed by atoms with Gasteiger partial charge in [-0.25, -0.2) is 4.98 Å². The second kappa shape index (κ2) is 7.39. The average Bonchev–Trinajstić information content (AvgIpc) is 3.42. The van der Waals surface area contributed by atoms with Gasteiger partial charge in [-0.05, 0) is 55.2 Å². The van der Waals surface area contributed by atoms with Gasteiger partial charge < -0.3 is 19.5 Å². The minimum atomic E-state index is 0.0296. The molecular formula is C22H30N4O2. The van der Waals surface area contributed by atoms with E-state index >= 15 is 0 Å². The van der Waals surface area contributed by atoms with E-state index in [2.05, 4.69) is 14.8 Å². The lowest BCUT2D eigenvalue weighted by Gasteiger charge is -2.27. The van der Waals surface area contributed by atoms with Crippen LogP contribution in [0.4, 0.5) is 5.95 Å². The van der Waals surface area contributed by atoms with Crippen LogP contribution in [-0.2, 0) is 11.8 Å². The number of imidazole rings is 1. The second-order valence-electron chi connectivity index (χ2n) is 8.68. The highest BCUT2D eigenvalue weighted by molar-refractivity contribution is 5.97. The van der Waals surface area contributed by atoms with Crippen LogP contribution in [0.2, 0.25) is 0 Å². The molecular weight excluding hydrogens is 352 g/mol. The molecule has 3 aliphatic rings. The normalized spacial score (nSPS) is 27.3. The first-order valence-corrected chi connectivity index (χ1v) is 10.8. The number of nitrogens with zero attached hydrogens (tertiary/aromatic N) is 3. The first kappa shape index (κ1) is 18.0. The molecule has 2 aliphatic carbocycles. The van der Waals surface area contributed by atoms with E-state index in [1.54, 1.807) is 0 Å². The maximum Gasteiger partial charge on any atom is 0.251 e. The van der Waals surface area contributed by atoms with Crippen molar-refractivity contribution in [3.05, 3.63) is 23.8 Å². The summed E-state index contributed by atoms with van der Waals surface area (Å²) in [6.07, 6.45) is 6.77. The zero-order valence-electron chi connectivity index (χ0n) is 16.7. The highest BCUT2D eigenvalue weighted by Crippen LogP contribution is 2.47. The first-order valence-electron chi connectivity index (χ1n) is 10.8. The Labute approximate surface area is 166 Å². The molecule has 1 saturated heterocycles. The Kier molecular flexibility index (Phi) is 4.75. The fourth-order valence-electron chi connectivity index (χ4n) is 5.64. The molecule has 28 heavy (non-hydrogen) atoms. The molecule has 6 heteroatoms. The van der Waals surface area contributed by atoms with Crippen LogP contribution in [0.1, 0.15) is 42.5 Å². The van der Waals surface area contributed by atoms with Gasteiger partial charge in [0.1, 0.15) is 0 Å². The zero-order valence-corrected chi connectivity index (χ0v) is 16.7. The Hall–Kier alpha value is -2.08. The quantitative estimate of drug-likeness (QED) is 0.883. The summed E-state index contributed by atoms with van der Waals surface area (Å²) in [7, 11) is 2.04. The Balaban J connectivity index is 1.29. The summed E-state index contributed by atoms with van der Waals surface area (Å²) in [5.74, 6) is 3.42. The van der Waals surface area contributed by atoms with Gasteiger partial charge in [0, 0.05) is 32.2 Å². The van der Waals surface area contributed by atoms with E-state index in [-0.39, 0.29) is 5.91 Å². The minimum absolute atomic E-state index is 0.0296. The third-order valence-electron chi connectivity index (χ3n) is 7.17. The Morgan fingerprint density at radius 3 is 2.93 bits per heavy atom. The van der Waals surface area contributed by atoms with Crippen LogP contribution in [0, 0.1) is 17.8 Å². The number of morpholine rings is 1. The van der Waals surface area contributed by atoms with Crippen LogP contribution in [0.5, 0.6) is 0 Å². The van der Waals surface area contributed by atoms with Crippen molar-refractivity contribution in [3.8, 4) is 0 Å². The van der Waals surface area contributed by atoms with Crippen molar-refractivity contribution in [2.45, 2.75) is 32.1 Å². The molecule has 1 aliphatic heterocycles. The summed E-state index contributed by atoms with van der Waals surface area (Å²) in [5, 5.41) is 3.20. The van der Waals surface area contributed by atoms with Gasteiger partial charge in [-0.3, -0.25) is 4.79 Å². The van der Waals surface area contributed by atoms with E-state index in [0.717, 1.165) is 61.7 Å². The van der Waals surface area contributed by atoms with Gasteiger partial charge in [0.25, 0.3) is 5.91 Å². The summed E-state index contributed by atoms with van der Waals surface area (Å²) < 4.78 is 7.56. The maximum absolute atomic E-state index is 12.8. The molecule has 150 valence electrons. The second-order valence-corrected chi connectivity index (χ2v) is 8.68. The van der Waals surface area contributed by atoms with Gasteiger partial charge >= 0.3 is 0 Å². The van der Waals surface area contributed by atoms with Crippen LogP contribution in [0.25, 0.3) is 11.0 Å².